The van der Waals surface area contributed by atoms with Gasteiger partial charge in [0.2, 0.25) is 0 Å². The molecule has 16 heavy (non-hydrogen) atoms. The molecule has 0 amide bonds. The number of hydrogen-bond acceptors (Lipinski definition) is 1. The largest absolute Gasteiger partial charge is 0.327 e. The van der Waals surface area contributed by atoms with E-state index in [1.165, 1.54) is 36.8 Å². The minimum atomic E-state index is 0.317. The van der Waals surface area contributed by atoms with E-state index in [9.17, 15) is 0 Å². The number of hydrogen-bond donors (Lipinski definition) is 1. The molecule has 0 spiro atoms. The number of benzene rings is 1. The molecule has 1 aromatic carbocycles. The minimum Gasteiger partial charge on any atom is -0.327 e. The quantitative estimate of drug-likeness (QED) is 0.824. The highest BCUT2D eigenvalue weighted by molar-refractivity contribution is 5.22. The van der Waals surface area contributed by atoms with Gasteiger partial charge in [-0.05, 0) is 37.2 Å². The average molecular weight is 217 g/mol. The second-order valence-electron chi connectivity index (χ2n) is 5.66. The summed E-state index contributed by atoms with van der Waals surface area (Å²) in [6, 6.07) is 9.11. The minimum absolute atomic E-state index is 0.317. The van der Waals surface area contributed by atoms with E-state index in [0.29, 0.717) is 11.5 Å². The first-order chi connectivity index (χ1) is 7.60. The van der Waals surface area contributed by atoms with Gasteiger partial charge in [0.05, 0.1) is 0 Å². The topological polar surface area (TPSA) is 26.0 Å². The van der Waals surface area contributed by atoms with Crippen molar-refractivity contribution in [2.24, 2.45) is 11.1 Å². The van der Waals surface area contributed by atoms with Crippen LogP contribution < -0.4 is 5.73 Å². The van der Waals surface area contributed by atoms with Crippen LogP contribution in [-0.2, 0) is 6.42 Å². The van der Waals surface area contributed by atoms with E-state index in [2.05, 4.69) is 38.1 Å². The Balaban J connectivity index is 2.01. The molecule has 2 rings (SSSR count). The summed E-state index contributed by atoms with van der Waals surface area (Å²) in [7, 11) is 0. The molecule has 0 aromatic heterocycles. The third-order valence-electron chi connectivity index (χ3n) is 4.22. The monoisotopic (exact) mass is 217 g/mol. The average Bonchev–Trinajstić information content (AvgIpc) is 2.70. The normalized spacial score (nSPS) is 20.9. The fourth-order valence-corrected chi connectivity index (χ4v) is 2.78. The van der Waals surface area contributed by atoms with Crippen LogP contribution in [0.5, 0.6) is 0 Å². The standard InChI is InChI=1S/C15H23N/c1-12-5-7-13(8-6-12)11-14(16)15(2)9-3-4-10-15/h5-8,14H,3-4,9-11,16H2,1-2H3. The lowest BCUT2D eigenvalue weighted by Crippen LogP contribution is -2.39. The van der Waals surface area contributed by atoms with Gasteiger partial charge < -0.3 is 5.73 Å². The molecule has 1 aromatic rings. The molecule has 1 heteroatoms. The van der Waals surface area contributed by atoms with E-state index in [4.69, 9.17) is 5.73 Å². The Bertz CT molecular complexity index is 333. The van der Waals surface area contributed by atoms with Gasteiger partial charge in [0.15, 0.2) is 0 Å². The fourth-order valence-electron chi connectivity index (χ4n) is 2.78. The summed E-state index contributed by atoms with van der Waals surface area (Å²) in [6.45, 7) is 4.49. The Morgan fingerprint density at radius 2 is 1.75 bits per heavy atom. The van der Waals surface area contributed by atoms with E-state index in [-0.39, 0.29) is 0 Å². The van der Waals surface area contributed by atoms with Crippen molar-refractivity contribution in [3.63, 3.8) is 0 Å². The van der Waals surface area contributed by atoms with Gasteiger partial charge in [-0.25, -0.2) is 0 Å². The lowest BCUT2D eigenvalue weighted by Gasteiger charge is -2.31. The SMILES string of the molecule is Cc1ccc(CC(N)C2(C)CCCC2)cc1. The van der Waals surface area contributed by atoms with Crippen LogP contribution in [0.25, 0.3) is 0 Å². The second kappa shape index (κ2) is 4.58. The van der Waals surface area contributed by atoms with Crippen LogP contribution in [0.3, 0.4) is 0 Å². The van der Waals surface area contributed by atoms with Crippen molar-refractivity contribution in [2.75, 3.05) is 0 Å². The van der Waals surface area contributed by atoms with Gasteiger partial charge in [-0.2, -0.15) is 0 Å². The van der Waals surface area contributed by atoms with Crippen molar-refractivity contribution in [2.45, 2.75) is 52.0 Å². The molecule has 1 saturated carbocycles. The molecule has 1 atom stereocenters. The van der Waals surface area contributed by atoms with Crippen LogP contribution in [0.2, 0.25) is 0 Å². The molecule has 1 nitrogen and oxygen atoms in total. The molecule has 0 heterocycles. The number of rotatable bonds is 3. The Labute approximate surface area is 99.0 Å². The molecule has 2 N–H and O–H groups in total. The van der Waals surface area contributed by atoms with Gasteiger partial charge in [0.1, 0.15) is 0 Å². The highest BCUT2D eigenvalue weighted by atomic mass is 14.7. The first-order valence-corrected chi connectivity index (χ1v) is 6.41. The van der Waals surface area contributed by atoms with Gasteiger partial charge in [0.25, 0.3) is 0 Å². The maximum absolute atomic E-state index is 6.38. The van der Waals surface area contributed by atoms with Gasteiger partial charge >= 0.3 is 0 Å². The van der Waals surface area contributed by atoms with Crippen LogP contribution >= 0.6 is 0 Å². The first kappa shape index (κ1) is 11.7. The van der Waals surface area contributed by atoms with E-state index in [1.54, 1.807) is 0 Å². The second-order valence-corrected chi connectivity index (χ2v) is 5.66. The van der Waals surface area contributed by atoms with E-state index < -0.39 is 0 Å². The van der Waals surface area contributed by atoms with Crippen molar-refractivity contribution in [3.05, 3.63) is 35.4 Å². The molecule has 0 aliphatic heterocycles. The lowest BCUT2D eigenvalue weighted by atomic mass is 9.78. The zero-order chi connectivity index (χ0) is 11.6. The third-order valence-corrected chi connectivity index (χ3v) is 4.22. The molecule has 0 radical (unpaired) electrons. The smallest absolute Gasteiger partial charge is 0.0133 e. The van der Waals surface area contributed by atoms with Crippen molar-refractivity contribution in [3.8, 4) is 0 Å². The van der Waals surface area contributed by atoms with E-state index in [1.807, 2.05) is 0 Å². The van der Waals surface area contributed by atoms with Crippen molar-refractivity contribution < 1.29 is 0 Å². The highest BCUT2D eigenvalue weighted by Gasteiger charge is 2.34. The van der Waals surface area contributed by atoms with Crippen LogP contribution in [0.15, 0.2) is 24.3 Å². The van der Waals surface area contributed by atoms with Crippen LogP contribution in [0.4, 0.5) is 0 Å². The predicted octanol–water partition coefficient (Wildman–Crippen LogP) is 3.45. The predicted molar refractivity (Wildman–Crippen MR) is 69.4 cm³/mol. The Hall–Kier alpha value is -0.820. The summed E-state index contributed by atoms with van der Waals surface area (Å²) in [5.74, 6) is 0. The molecular weight excluding hydrogens is 194 g/mol. The Kier molecular flexibility index (Phi) is 3.34. The van der Waals surface area contributed by atoms with Crippen molar-refractivity contribution in [1.29, 1.82) is 0 Å². The Morgan fingerprint density at radius 1 is 1.19 bits per heavy atom. The molecule has 1 aliphatic rings. The van der Waals surface area contributed by atoms with Gasteiger partial charge in [0, 0.05) is 6.04 Å². The first-order valence-electron chi connectivity index (χ1n) is 6.41. The highest BCUT2D eigenvalue weighted by Crippen LogP contribution is 2.40. The van der Waals surface area contributed by atoms with Crippen LogP contribution in [0.1, 0.15) is 43.7 Å². The van der Waals surface area contributed by atoms with Gasteiger partial charge in [-0.1, -0.05) is 49.6 Å². The van der Waals surface area contributed by atoms with Crippen LogP contribution in [-0.4, -0.2) is 6.04 Å². The zero-order valence-electron chi connectivity index (χ0n) is 10.5. The third kappa shape index (κ3) is 2.46. The summed E-state index contributed by atoms with van der Waals surface area (Å²) >= 11 is 0. The van der Waals surface area contributed by atoms with Gasteiger partial charge in [-0.15, -0.1) is 0 Å². The van der Waals surface area contributed by atoms with E-state index in [0.717, 1.165) is 6.42 Å². The summed E-state index contributed by atoms with van der Waals surface area (Å²) in [5, 5.41) is 0. The molecule has 0 saturated heterocycles. The van der Waals surface area contributed by atoms with Crippen molar-refractivity contribution in [1.82, 2.24) is 0 Å². The molecule has 1 unspecified atom stereocenters. The molecular formula is C15H23N. The summed E-state index contributed by atoms with van der Waals surface area (Å²) < 4.78 is 0. The number of aryl methyl sites for hydroxylation is 1. The number of nitrogens with two attached hydrogens (primary N) is 1. The summed E-state index contributed by atoms with van der Waals surface area (Å²) in [5.41, 5.74) is 9.47. The summed E-state index contributed by atoms with van der Waals surface area (Å²) in [4.78, 5) is 0. The maximum Gasteiger partial charge on any atom is 0.0133 e. The fraction of sp³-hybridized carbons (Fsp3) is 0.600. The molecule has 1 aliphatic carbocycles. The molecule has 0 bridgehead atoms. The van der Waals surface area contributed by atoms with Crippen molar-refractivity contribution >= 4 is 0 Å². The lowest BCUT2D eigenvalue weighted by molar-refractivity contribution is 0.260. The van der Waals surface area contributed by atoms with Gasteiger partial charge in [-0.3, -0.25) is 0 Å². The maximum atomic E-state index is 6.38. The molecule has 88 valence electrons. The summed E-state index contributed by atoms with van der Waals surface area (Å²) in [6.07, 6.45) is 6.35. The zero-order valence-corrected chi connectivity index (χ0v) is 10.5. The Morgan fingerprint density at radius 3 is 2.31 bits per heavy atom. The molecule has 1 fully saturated rings. The van der Waals surface area contributed by atoms with E-state index >= 15 is 0 Å². The van der Waals surface area contributed by atoms with Crippen LogP contribution in [0, 0.1) is 12.3 Å².